The first-order valence-electron chi connectivity index (χ1n) is 8.66. The maximum absolute atomic E-state index is 12.5. The Morgan fingerprint density at radius 2 is 2.00 bits per heavy atom. The molecule has 3 rings (SSSR count). The van der Waals surface area contributed by atoms with Gasteiger partial charge in [0.25, 0.3) is 0 Å². The topological polar surface area (TPSA) is 79.9 Å². The average molecular weight is 347 g/mol. The first kappa shape index (κ1) is 17.5. The summed E-state index contributed by atoms with van der Waals surface area (Å²) in [6.45, 7) is 2.21. The van der Waals surface area contributed by atoms with Crippen molar-refractivity contribution in [2.75, 3.05) is 38.8 Å². The molecule has 2 amide bonds. The number of piperidine rings is 1. The molecule has 2 N–H and O–H groups in total. The Hall–Kier alpha value is -2.28. The summed E-state index contributed by atoms with van der Waals surface area (Å²) < 4.78 is 10.6. The monoisotopic (exact) mass is 347 g/mol. The Balaban J connectivity index is 1.68. The lowest BCUT2D eigenvalue weighted by Crippen LogP contribution is -2.45. The first-order chi connectivity index (χ1) is 12.1. The van der Waals surface area contributed by atoms with Gasteiger partial charge in [-0.1, -0.05) is 0 Å². The molecule has 2 aliphatic rings. The zero-order valence-corrected chi connectivity index (χ0v) is 14.7. The van der Waals surface area contributed by atoms with Gasteiger partial charge in [-0.25, -0.2) is 0 Å². The van der Waals surface area contributed by atoms with Crippen molar-refractivity contribution in [3.8, 4) is 11.5 Å². The molecule has 0 spiro atoms. The molecule has 2 aliphatic heterocycles. The standard InChI is InChI=1S/C18H25N3O4/c1-24-14-3-4-15(16(10-14)25-2)21-11-12(9-17(21)22)18(23)20-13-5-7-19-8-6-13/h3-4,10,12-13,19H,5-9,11H2,1-2H3,(H,20,23). The number of hydrogen-bond acceptors (Lipinski definition) is 5. The molecule has 1 unspecified atom stereocenters. The van der Waals surface area contributed by atoms with Crippen molar-refractivity contribution in [2.45, 2.75) is 25.3 Å². The van der Waals surface area contributed by atoms with Gasteiger partial charge in [0.2, 0.25) is 11.8 Å². The van der Waals surface area contributed by atoms with Gasteiger partial charge in [-0.05, 0) is 38.1 Å². The summed E-state index contributed by atoms with van der Waals surface area (Å²) in [5, 5.41) is 6.37. The Labute approximate surface area is 147 Å². The Bertz CT molecular complexity index is 643. The van der Waals surface area contributed by atoms with Crippen molar-refractivity contribution in [1.29, 1.82) is 0 Å². The third-order valence-corrected chi connectivity index (χ3v) is 4.86. The average Bonchev–Trinajstić information content (AvgIpc) is 3.03. The van der Waals surface area contributed by atoms with E-state index in [2.05, 4.69) is 10.6 Å². The van der Waals surface area contributed by atoms with Gasteiger partial charge in [0, 0.05) is 25.1 Å². The molecule has 2 saturated heterocycles. The third-order valence-electron chi connectivity index (χ3n) is 4.86. The van der Waals surface area contributed by atoms with Crippen LogP contribution in [0, 0.1) is 5.92 Å². The molecule has 136 valence electrons. The fraction of sp³-hybridized carbons (Fsp3) is 0.556. The highest BCUT2D eigenvalue weighted by Gasteiger charge is 2.37. The SMILES string of the molecule is COc1ccc(N2CC(C(=O)NC3CCNCC3)CC2=O)c(OC)c1. The van der Waals surface area contributed by atoms with Gasteiger partial charge in [-0.3, -0.25) is 9.59 Å². The van der Waals surface area contributed by atoms with E-state index in [0.29, 0.717) is 23.7 Å². The number of benzene rings is 1. The second-order valence-electron chi connectivity index (χ2n) is 6.48. The second kappa shape index (κ2) is 7.74. The van der Waals surface area contributed by atoms with E-state index >= 15 is 0 Å². The quantitative estimate of drug-likeness (QED) is 0.828. The van der Waals surface area contributed by atoms with Crippen molar-refractivity contribution in [3.05, 3.63) is 18.2 Å². The van der Waals surface area contributed by atoms with Crippen LogP contribution in [0.1, 0.15) is 19.3 Å². The highest BCUT2D eigenvalue weighted by molar-refractivity contribution is 6.01. The lowest BCUT2D eigenvalue weighted by Gasteiger charge is -2.25. The number of methoxy groups -OCH3 is 2. The van der Waals surface area contributed by atoms with Crippen molar-refractivity contribution in [1.82, 2.24) is 10.6 Å². The molecule has 2 heterocycles. The number of carbonyl (C=O) groups is 2. The number of ether oxygens (including phenoxy) is 2. The lowest BCUT2D eigenvalue weighted by molar-refractivity contribution is -0.127. The van der Waals surface area contributed by atoms with E-state index in [0.717, 1.165) is 25.9 Å². The van der Waals surface area contributed by atoms with E-state index in [4.69, 9.17) is 9.47 Å². The van der Waals surface area contributed by atoms with Gasteiger partial charge >= 0.3 is 0 Å². The highest BCUT2D eigenvalue weighted by atomic mass is 16.5. The van der Waals surface area contributed by atoms with E-state index in [-0.39, 0.29) is 30.2 Å². The first-order valence-corrected chi connectivity index (χ1v) is 8.66. The van der Waals surface area contributed by atoms with Crippen LogP contribution >= 0.6 is 0 Å². The van der Waals surface area contributed by atoms with Crippen LogP contribution in [-0.2, 0) is 9.59 Å². The number of amides is 2. The molecular formula is C18H25N3O4. The van der Waals surface area contributed by atoms with Crippen molar-refractivity contribution < 1.29 is 19.1 Å². The smallest absolute Gasteiger partial charge is 0.227 e. The number of carbonyl (C=O) groups excluding carboxylic acids is 2. The summed E-state index contributed by atoms with van der Waals surface area (Å²) in [6, 6.07) is 5.52. The summed E-state index contributed by atoms with van der Waals surface area (Å²) in [7, 11) is 3.14. The Morgan fingerprint density at radius 1 is 1.24 bits per heavy atom. The number of nitrogens with one attached hydrogen (secondary N) is 2. The van der Waals surface area contributed by atoms with E-state index in [9.17, 15) is 9.59 Å². The van der Waals surface area contributed by atoms with Gasteiger partial charge in [0.1, 0.15) is 11.5 Å². The molecule has 0 aliphatic carbocycles. The summed E-state index contributed by atoms with van der Waals surface area (Å²) in [6.07, 6.45) is 2.09. The summed E-state index contributed by atoms with van der Waals surface area (Å²) in [5.41, 5.74) is 0.672. The fourth-order valence-corrected chi connectivity index (χ4v) is 3.41. The maximum atomic E-state index is 12.5. The van der Waals surface area contributed by atoms with E-state index < -0.39 is 0 Å². The highest BCUT2D eigenvalue weighted by Crippen LogP contribution is 2.35. The Kier molecular flexibility index (Phi) is 5.43. The number of hydrogen-bond donors (Lipinski definition) is 2. The van der Waals surface area contributed by atoms with Gasteiger partial charge in [0.15, 0.2) is 0 Å². The van der Waals surface area contributed by atoms with Crippen LogP contribution in [0.2, 0.25) is 0 Å². The predicted octanol–water partition coefficient (Wildman–Crippen LogP) is 0.925. The van der Waals surface area contributed by atoms with Crippen LogP contribution in [0.3, 0.4) is 0 Å². The van der Waals surface area contributed by atoms with Crippen molar-refractivity contribution in [3.63, 3.8) is 0 Å². The van der Waals surface area contributed by atoms with Gasteiger partial charge in [0.05, 0.1) is 25.8 Å². The largest absolute Gasteiger partial charge is 0.497 e. The Morgan fingerprint density at radius 3 is 2.68 bits per heavy atom. The van der Waals surface area contributed by atoms with Crippen LogP contribution < -0.4 is 25.0 Å². The summed E-state index contributed by atoms with van der Waals surface area (Å²) >= 11 is 0. The van der Waals surface area contributed by atoms with Crippen LogP contribution in [0.4, 0.5) is 5.69 Å². The molecule has 1 aromatic carbocycles. The zero-order chi connectivity index (χ0) is 17.8. The molecule has 7 heteroatoms. The maximum Gasteiger partial charge on any atom is 0.227 e. The third kappa shape index (κ3) is 3.87. The van der Waals surface area contributed by atoms with E-state index in [1.807, 2.05) is 0 Å². The zero-order valence-electron chi connectivity index (χ0n) is 14.7. The molecule has 7 nitrogen and oxygen atoms in total. The normalized spacial score (nSPS) is 21.3. The van der Waals surface area contributed by atoms with Crippen LogP contribution in [0.15, 0.2) is 18.2 Å². The minimum absolute atomic E-state index is 0.0322. The molecule has 0 bridgehead atoms. The van der Waals surface area contributed by atoms with E-state index in [1.54, 1.807) is 37.3 Å². The minimum Gasteiger partial charge on any atom is -0.497 e. The molecule has 1 aromatic rings. The molecule has 25 heavy (non-hydrogen) atoms. The van der Waals surface area contributed by atoms with Crippen LogP contribution in [-0.4, -0.2) is 51.7 Å². The van der Waals surface area contributed by atoms with Crippen LogP contribution in [0.25, 0.3) is 0 Å². The summed E-state index contributed by atoms with van der Waals surface area (Å²) in [5.74, 6) is 0.804. The van der Waals surface area contributed by atoms with Crippen molar-refractivity contribution >= 4 is 17.5 Å². The molecule has 2 fully saturated rings. The van der Waals surface area contributed by atoms with Gasteiger partial charge < -0.3 is 25.0 Å². The number of nitrogens with zero attached hydrogens (tertiary/aromatic N) is 1. The predicted molar refractivity (Wildman–Crippen MR) is 94.0 cm³/mol. The summed E-state index contributed by atoms with van der Waals surface area (Å²) in [4.78, 5) is 26.6. The lowest BCUT2D eigenvalue weighted by atomic mass is 10.0. The molecular weight excluding hydrogens is 322 g/mol. The number of rotatable bonds is 5. The molecule has 0 radical (unpaired) electrons. The molecule has 0 aromatic heterocycles. The molecule has 0 saturated carbocycles. The fourth-order valence-electron chi connectivity index (χ4n) is 3.41. The van der Waals surface area contributed by atoms with Crippen molar-refractivity contribution in [2.24, 2.45) is 5.92 Å². The molecule has 1 atom stereocenters. The van der Waals surface area contributed by atoms with Gasteiger partial charge in [-0.2, -0.15) is 0 Å². The number of anilines is 1. The minimum atomic E-state index is -0.325. The second-order valence-corrected chi connectivity index (χ2v) is 6.48. The van der Waals surface area contributed by atoms with E-state index in [1.165, 1.54) is 0 Å². The van der Waals surface area contributed by atoms with Crippen LogP contribution in [0.5, 0.6) is 11.5 Å². The van der Waals surface area contributed by atoms with Gasteiger partial charge in [-0.15, -0.1) is 0 Å².